The average molecular weight is 354 g/mol. The third-order valence-corrected chi connectivity index (χ3v) is 5.43. The smallest absolute Gasteiger partial charge is 0.317 e. The van der Waals surface area contributed by atoms with Crippen LogP contribution in [-0.2, 0) is 25.4 Å². The molecule has 1 aliphatic rings. The molecule has 0 radical (unpaired) electrons. The van der Waals surface area contributed by atoms with Crippen LogP contribution in [0.15, 0.2) is 24.4 Å². The highest BCUT2D eigenvalue weighted by Gasteiger charge is 2.26. The monoisotopic (exact) mass is 354 g/mol. The van der Waals surface area contributed by atoms with Crippen molar-refractivity contribution < 1.29 is 4.79 Å². The maximum Gasteiger partial charge on any atom is 0.317 e. The van der Waals surface area contributed by atoms with Crippen molar-refractivity contribution in [2.45, 2.75) is 52.5 Å². The number of aryl methyl sites for hydroxylation is 3. The van der Waals surface area contributed by atoms with E-state index in [1.54, 1.807) is 0 Å². The van der Waals surface area contributed by atoms with Crippen molar-refractivity contribution in [3.63, 3.8) is 0 Å². The molecule has 140 valence electrons. The van der Waals surface area contributed by atoms with Crippen LogP contribution in [0.2, 0.25) is 0 Å². The number of hydrogen-bond donors (Lipinski definition) is 1. The van der Waals surface area contributed by atoms with Gasteiger partial charge in [-0.3, -0.25) is 4.68 Å². The highest BCUT2D eigenvalue weighted by atomic mass is 16.2. The molecule has 5 nitrogen and oxygen atoms in total. The van der Waals surface area contributed by atoms with Crippen molar-refractivity contribution in [2.24, 2.45) is 7.05 Å². The number of nitrogens with one attached hydrogen (secondary N) is 1. The van der Waals surface area contributed by atoms with E-state index in [-0.39, 0.29) is 11.4 Å². The number of urea groups is 1. The molecule has 5 heteroatoms. The second-order valence-electron chi connectivity index (χ2n) is 8.13. The lowest BCUT2D eigenvalue weighted by molar-refractivity contribution is 0.193. The van der Waals surface area contributed by atoms with Gasteiger partial charge in [-0.25, -0.2) is 4.79 Å². The first-order chi connectivity index (χ1) is 12.3. The maximum atomic E-state index is 12.8. The minimum atomic E-state index is -0.112. The van der Waals surface area contributed by atoms with Gasteiger partial charge in [-0.1, -0.05) is 37.6 Å². The van der Waals surface area contributed by atoms with E-state index in [1.807, 2.05) is 22.8 Å². The average Bonchev–Trinajstić information content (AvgIpc) is 2.80. The van der Waals surface area contributed by atoms with Gasteiger partial charge in [0.05, 0.1) is 12.7 Å². The lowest BCUT2D eigenvalue weighted by atomic mass is 9.81. The summed E-state index contributed by atoms with van der Waals surface area (Å²) in [7, 11) is 1.97. The molecule has 2 amide bonds. The first-order valence-electron chi connectivity index (χ1n) is 9.38. The zero-order valence-electron chi connectivity index (χ0n) is 16.6. The van der Waals surface area contributed by atoms with E-state index in [4.69, 9.17) is 0 Å². The van der Waals surface area contributed by atoms with Crippen molar-refractivity contribution >= 4 is 6.03 Å². The van der Waals surface area contributed by atoms with Crippen molar-refractivity contribution in [3.8, 4) is 0 Å². The van der Waals surface area contributed by atoms with Gasteiger partial charge in [0.25, 0.3) is 0 Å². The predicted molar refractivity (Wildman–Crippen MR) is 104 cm³/mol. The van der Waals surface area contributed by atoms with Crippen molar-refractivity contribution in [1.29, 1.82) is 0 Å². The van der Waals surface area contributed by atoms with E-state index in [2.05, 4.69) is 56.3 Å². The van der Waals surface area contributed by atoms with Gasteiger partial charge in [-0.15, -0.1) is 0 Å². The summed E-state index contributed by atoms with van der Waals surface area (Å²) in [6.07, 6.45) is 3.84. The summed E-state index contributed by atoms with van der Waals surface area (Å²) >= 11 is 0. The fraction of sp³-hybridized carbons (Fsp3) is 0.524. The van der Waals surface area contributed by atoms with E-state index < -0.39 is 0 Å². The molecule has 3 rings (SSSR count). The van der Waals surface area contributed by atoms with E-state index in [0.717, 1.165) is 24.9 Å². The van der Waals surface area contributed by atoms with Gasteiger partial charge >= 0.3 is 6.03 Å². The van der Waals surface area contributed by atoms with Gasteiger partial charge in [0, 0.05) is 36.8 Å². The number of aromatic nitrogens is 2. The molecule has 2 aromatic rings. The van der Waals surface area contributed by atoms with Crippen LogP contribution in [0.4, 0.5) is 4.79 Å². The molecular weight excluding hydrogens is 324 g/mol. The minimum Gasteiger partial charge on any atom is -0.337 e. The van der Waals surface area contributed by atoms with Crippen molar-refractivity contribution in [3.05, 3.63) is 52.3 Å². The number of amides is 2. The molecule has 1 N–H and O–H groups in total. The zero-order chi connectivity index (χ0) is 18.9. The number of rotatable bonds is 3. The molecule has 0 fully saturated rings. The van der Waals surface area contributed by atoms with Crippen LogP contribution in [0, 0.1) is 13.8 Å². The van der Waals surface area contributed by atoms with E-state index in [1.165, 1.54) is 22.4 Å². The van der Waals surface area contributed by atoms with Gasteiger partial charge in [0.1, 0.15) is 0 Å². The summed E-state index contributed by atoms with van der Waals surface area (Å²) in [6.45, 7) is 10.7. The van der Waals surface area contributed by atoms with Gasteiger partial charge in [-0.2, -0.15) is 5.10 Å². The number of carbonyl (C=O) groups is 1. The summed E-state index contributed by atoms with van der Waals surface area (Å²) < 4.78 is 1.93. The maximum absolute atomic E-state index is 12.8. The highest BCUT2D eigenvalue weighted by molar-refractivity contribution is 5.74. The van der Waals surface area contributed by atoms with Gasteiger partial charge in [-0.05, 0) is 37.8 Å². The van der Waals surface area contributed by atoms with Crippen LogP contribution in [0.1, 0.15) is 48.2 Å². The van der Waals surface area contributed by atoms with Crippen LogP contribution in [-0.4, -0.2) is 33.8 Å². The Morgan fingerprint density at radius 3 is 2.81 bits per heavy atom. The zero-order valence-corrected chi connectivity index (χ0v) is 16.6. The first kappa shape index (κ1) is 18.5. The largest absolute Gasteiger partial charge is 0.337 e. The fourth-order valence-electron chi connectivity index (χ4n) is 3.93. The predicted octanol–water partition coefficient (Wildman–Crippen LogP) is 3.47. The molecule has 0 saturated heterocycles. The van der Waals surface area contributed by atoms with Crippen molar-refractivity contribution in [2.75, 3.05) is 13.1 Å². The number of nitrogens with zero attached hydrogens (tertiary/aromatic N) is 3. The second kappa shape index (κ2) is 7.14. The fourth-order valence-corrected chi connectivity index (χ4v) is 3.93. The Morgan fingerprint density at radius 2 is 2.08 bits per heavy atom. The van der Waals surface area contributed by atoms with Gasteiger partial charge in [0.2, 0.25) is 0 Å². The van der Waals surface area contributed by atoms with Crippen LogP contribution in [0.25, 0.3) is 0 Å². The lowest BCUT2D eigenvalue weighted by Gasteiger charge is -2.29. The van der Waals surface area contributed by atoms with Gasteiger partial charge < -0.3 is 10.2 Å². The van der Waals surface area contributed by atoms with Crippen LogP contribution >= 0.6 is 0 Å². The topological polar surface area (TPSA) is 50.2 Å². The molecule has 1 aromatic heterocycles. The van der Waals surface area contributed by atoms with Crippen LogP contribution in [0.3, 0.4) is 0 Å². The molecule has 2 heterocycles. The molecule has 0 spiro atoms. The second-order valence-corrected chi connectivity index (χ2v) is 8.13. The SMILES string of the molecule is Cc1ccc(C(C)(C)CNC(=O)N2CCCc3c(cnn3C)C2)c(C)c1. The van der Waals surface area contributed by atoms with Gasteiger partial charge in [0.15, 0.2) is 0 Å². The van der Waals surface area contributed by atoms with E-state index >= 15 is 0 Å². The lowest BCUT2D eigenvalue weighted by Crippen LogP contribution is -2.44. The van der Waals surface area contributed by atoms with E-state index in [0.29, 0.717) is 13.1 Å². The molecule has 0 aliphatic carbocycles. The summed E-state index contributed by atoms with van der Waals surface area (Å²) in [5.41, 5.74) is 6.12. The third kappa shape index (κ3) is 3.76. The Bertz CT molecular complexity index is 806. The molecule has 0 saturated carbocycles. The highest BCUT2D eigenvalue weighted by Crippen LogP contribution is 2.26. The molecule has 0 bridgehead atoms. The number of carbonyl (C=O) groups excluding carboxylic acids is 1. The van der Waals surface area contributed by atoms with E-state index in [9.17, 15) is 4.79 Å². The van der Waals surface area contributed by atoms with Crippen molar-refractivity contribution in [1.82, 2.24) is 20.0 Å². The normalized spacial score (nSPS) is 14.7. The Hall–Kier alpha value is -2.30. The first-order valence-corrected chi connectivity index (χ1v) is 9.38. The Morgan fingerprint density at radius 1 is 1.31 bits per heavy atom. The van der Waals surface area contributed by atoms with Crippen LogP contribution < -0.4 is 5.32 Å². The van der Waals surface area contributed by atoms with Crippen LogP contribution in [0.5, 0.6) is 0 Å². The molecule has 1 aliphatic heterocycles. The number of hydrogen-bond acceptors (Lipinski definition) is 2. The number of fused-ring (bicyclic) bond motifs is 1. The quantitative estimate of drug-likeness (QED) is 0.917. The molecule has 0 unspecified atom stereocenters. The number of benzene rings is 1. The minimum absolute atomic E-state index is 0.0135. The molecular formula is C21H30N4O. The molecule has 1 aromatic carbocycles. The Kier molecular flexibility index (Phi) is 5.08. The third-order valence-electron chi connectivity index (χ3n) is 5.43. The Labute approximate surface area is 156 Å². The molecule has 0 atom stereocenters. The summed E-state index contributed by atoms with van der Waals surface area (Å²) in [5, 5.41) is 7.49. The summed E-state index contributed by atoms with van der Waals surface area (Å²) in [5.74, 6) is 0. The summed E-state index contributed by atoms with van der Waals surface area (Å²) in [4.78, 5) is 14.7. The Balaban J connectivity index is 1.66. The standard InChI is InChI=1S/C21H30N4O/c1-15-8-9-18(16(2)11-15)21(3,4)14-22-20(26)25-10-6-7-19-17(13-25)12-23-24(19)5/h8-9,11-12H,6-7,10,13-14H2,1-5H3,(H,22,26). The summed E-state index contributed by atoms with van der Waals surface area (Å²) in [6, 6.07) is 6.55. The molecule has 26 heavy (non-hydrogen) atoms.